The smallest absolute Gasteiger partial charge is 0.410 e. The highest BCUT2D eigenvalue weighted by molar-refractivity contribution is 5.92. The van der Waals surface area contributed by atoms with Gasteiger partial charge >= 0.3 is 6.09 Å². The summed E-state index contributed by atoms with van der Waals surface area (Å²) in [5, 5.41) is 2.98. The molecule has 0 saturated carbocycles. The van der Waals surface area contributed by atoms with Gasteiger partial charge in [0.05, 0.1) is 0 Å². The number of carbonyl (C=O) groups excluding carboxylic acids is 2. The van der Waals surface area contributed by atoms with E-state index in [2.05, 4.69) is 12.2 Å². The van der Waals surface area contributed by atoms with Crippen LogP contribution >= 0.6 is 0 Å². The Kier molecular flexibility index (Phi) is 9.01. The predicted molar refractivity (Wildman–Crippen MR) is 113 cm³/mol. The molecule has 0 bridgehead atoms. The van der Waals surface area contributed by atoms with Gasteiger partial charge in [0.25, 0.3) is 5.91 Å². The van der Waals surface area contributed by atoms with Gasteiger partial charge in [-0.05, 0) is 58.6 Å². The zero-order valence-corrected chi connectivity index (χ0v) is 18.4. The molecule has 0 atom stereocenters. The van der Waals surface area contributed by atoms with Crippen molar-refractivity contribution in [3.05, 3.63) is 24.0 Å². The quantitative estimate of drug-likeness (QED) is 0.628. The number of nitrogens with one attached hydrogen (secondary N) is 1. The van der Waals surface area contributed by atoms with Crippen molar-refractivity contribution < 1.29 is 19.1 Å². The molecule has 0 spiro atoms. The fourth-order valence-corrected chi connectivity index (χ4v) is 3.37. The van der Waals surface area contributed by atoms with E-state index in [1.54, 1.807) is 4.90 Å². The van der Waals surface area contributed by atoms with Crippen molar-refractivity contribution in [1.29, 1.82) is 0 Å². The molecule has 0 radical (unpaired) electrons. The molecule has 0 aliphatic carbocycles. The topological polar surface area (TPSA) is 72.8 Å². The summed E-state index contributed by atoms with van der Waals surface area (Å²) < 4.78 is 13.0. The Labute approximate surface area is 174 Å². The molecular formula is C22H37N3O4. The number of hydrogen-bond acceptors (Lipinski definition) is 4. The highest BCUT2D eigenvalue weighted by atomic mass is 16.6. The SMILES string of the molecule is CCCCOCCCNC(=O)c1cccn1C1CCN(C(=O)OC(C)(C)C)CC1. The van der Waals surface area contributed by atoms with Crippen LogP contribution in [0.1, 0.15) is 76.3 Å². The minimum Gasteiger partial charge on any atom is -0.444 e. The van der Waals surface area contributed by atoms with Crippen molar-refractivity contribution in [2.75, 3.05) is 32.8 Å². The van der Waals surface area contributed by atoms with Gasteiger partial charge in [-0.3, -0.25) is 4.79 Å². The molecule has 1 N–H and O–H groups in total. The number of piperidine rings is 1. The Balaban J connectivity index is 1.78. The van der Waals surface area contributed by atoms with Gasteiger partial charge in [0.15, 0.2) is 0 Å². The van der Waals surface area contributed by atoms with Crippen LogP contribution in [0.25, 0.3) is 0 Å². The zero-order chi connectivity index (χ0) is 21.3. The van der Waals surface area contributed by atoms with Gasteiger partial charge in [0.2, 0.25) is 0 Å². The predicted octanol–water partition coefficient (Wildman–Crippen LogP) is 4.00. The second-order valence-electron chi connectivity index (χ2n) is 8.57. The Morgan fingerprint density at radius 2 is 1.86 bits per heavy atom. The minimum atomic E-state index is -0.485. The number of carbonyl (C=O) groups is 2. The van der Waals surface area contributed by atoms with Crippen LogP contribution in [0.4, 0.5) is 4.79 Å². The van der Waals surface area contributed by atoms with Crippen LogP contribution in [0.5, 0.6) is 0 Å². The number of aromatic nitrogens is 1. The standard InChI is InChI=1S/C22H37N3O4/c1-5-6-16-28-17-8-12-23-20(26)19-9-7-13-25(19)18-10-14-24(15-11-18)21(27)29-22(2,3)4/h7,9,13,18H,5-6,8,10-12,14-17H2,1-4H3,(H,23,26). The van der Waals surface area contributed by atoms with E-state index in [4.69, 9.17) is 9.47 Å². The summed E-state index contributed by atoms with van der Waals surface area (Å²) in [6.45, 7) is 11.1. The lowest BCUT2D eigenvalue weighted by Gasteiger charge is -2.34. The Morgan fingerprint density at radius 3 is 2.52 bits per heavy atom. The fraction of sp³-hybridized carbons (Fsp3) is 0.727. The van der Waals surface area contributed by atoms with Crippen LogP contribution in [-0.2, 0) is 9.47 Å². The maximum absolute atomic E-state index is 12.6. The summed E-state index contributed by atoms with van der Waals surface area (Å²) in [6, 6.07) is 3.97. The molecule has 1 aliphatic heterocycles. The first-order valence-corrected chi connectivity index (χ1v) is 10.8. The molecule has 164 valence electrons. The van der Waals surface area contributed by atoms with Gasteiger partial charge in [-0.2, -0.15) is 0 Å². The van der Waals surface area contributed by atoms with Gasteiger partial charge in [0, 0.05) is 45.1 Å². The molecule has 7 heteroatoms. The second kappa shape index (κ2) is 11.2. The number of rotatable bonds is 9. The number of ether oxygens (including phenoxy) is 2. The summed E-state index contributed by atoms with van der Waals surface area (Å²) in [4.78, 5) is 26.6. The van der Waals surface area contributed by atoms with E-state index < -0.39 is 5.60 Å². The average Bonchev–Trinajstić information content (AvgIpc) is 3.16. The number of hydrogen-bond donors (Lipinski definition) is 1. The van der Waals surface area contributed by atoms with Gasteiger partial charge in [-0.15, -0.1) is 0 Å². The van der Waals surface area contributed by atoms with E-state index in [1.807, 2.05) is 43.7 Å². The summed E-state index contributed by atoms with van der Waals surface area (Å²) in [5.74, 6) is -0.0573. The molecule has 1 aliphatic rings. The molecule has 1 aromatic heterocycles. The van der Waals surface area contributed by atoms with Gasteiger partial charge in [-0.25, -0.2) is 4.79 Å². The van der Waals surface area contributed by atoms with E-state index in [0.29, 0.717) is 31.9 Å². The molecule has 29 heavy (non-hydrogen) atoms. The summed E-state index contributed by atoms with van der Waals surface area (Å²) in [6.07, 6.45) is 6.32. The molecule has 1 aromatic rings. The molecule has 0 unspecified atom stereocenters. The van der Waals surface area contributed by atoms with Crippen molar-refractivity contribution >= 4 is 12.0 Å². The van der Waals surface area contributed by atoms with E-state index >= 15 is 0 Å². The second-order valence-corrected chi connectivity index (χ2v) is 8.57. The molecular weight excluding hydrogens is 370 g/mol. The van der Waals surface area contributed by atoms with Crippen LogP contribution in [0.3, 0.4) is 0 Å². The van der Waals surface area contributed by atoms with Gasteiger partial charge in [-0.1, -0.05) is 13.3 Å². The van der Waals surface area contributed by atoms with Crippen molar-refractivity contribution in [2.24, 2.45) is 0 Å². The van der Waals surface area contributed by atoms with Gasteiger partial charge in [0.1, 0.15) is 11.3 Å². The van der Waals surface area contributed by atoms with Crippen LogP contribution < -0.4 is 5.32 Å². The summed E-state index contributed by atoms with van der Waals surface area (Å²) in [5.41, 5.74) is 0.188. The molecule has 2 rings (SSSR count). The van der Waals surface area contributed by atoms with Crippen LogP contribution in [-0.4, -0.2) is 59.9 Å². The number of likely N-dealkylation sites (tertiary alicyclic amines) is 1. The van der Waals surface area contributed by atoms with Crippen molar-refractivity contribution in [1.82, 2.24) is 14.8 Å². The lowest BCUT2D eigenvalue weighted by molar-refractivity contribution is 0.0187. The maximum atomic E-state index is 12.6. The van der Waals surface area contributed by atoms with E-state index in [9.17, 15) is 9.59 Å². The van der Waals surface area contributed by atoms with Crippen molar-refractivity contribution in [3.8, 4) is 0 Å². The highest BCUT2D eigenvalue weighted by Gasteiger charge is 2.28. The number of nitrogens with zero attached hydrogens (tertiary/aromatic N) is 2. The lowest BCUT2D eigenvalue weighted by Crippen LogP contribution is -2.42. The van der Waals surface area contributed by atoms with Crippen LogP contribution in [0.15, 0.2) is 18.3 Å². The monoisotopic (exact) mass is 407 g/mol. The van der Waals surface area contributed by atoms with Crippen LogP contribution in [0, 0.1) is 0 Å². The fourth-order valence-electron chi connectivity index (χ4n) is 3.37. The third kappa shape index (κ3) is 7.72. The summed E-state index contributed by atoms with van der Waals surface area (Å²) >= 11 is 0. The van der Waals surface area contributed by atoms with Gasteiger partial charge < -0.3 is 24.3 Å². The maximum Gasteiger partial charge on any atom is 0.410 e. The molecule has 1 saturated heterocycles. The van der Waals surface area contributed by atoms with E-state index in [-0.39, 0.29) is 18.0 Å². The van der Waals surface area contributed by atoms with E-state index in [0.717, 1.165) is 38.7 Å². The lowest BCUT2D eigenvalue weighted by atomic mass is 10.0. The largest absolute Gasteiger partial charge is 0.444 e. The average molecular weight is 408 g/mol. The number of amides is 2. The molecule has 7 nitrogen and oxygen atoms in total. The number of unbranched alkanes of at least 4 members (excludes halogenated alkanes) is 1. The molecule has 2 heterocycles. The van der Waals surface area contributed by atoms with Crippen molar-refractivity contribution in [2.45, 2.75) is 71.4 Å². The minimum absolute atomic E-state index is 0.0573. The molecule has 1 fully saturated rings. The van der Waals surface area contributed by atoms with E-state index in [1.165, 1.54) is 0 Å². The third-order valence-electron chi connectivity index (χ3n) is 4.91. The third-order valence-corrected chi connectivity index (χ3v) is 4.91. The zero-order valence-electron chi connectivity index (χ0n) is 18.4. The molecule has 2 amide bonds. The normalized spacial score (nSPS) is 15.4. The Hall–Kier alpha value is -2.02. The Morgan fingerprint density at radius 1 is 1.17 bits per heavy atom. The molecule has 0 aromatic carbocycles. The first-order valence-electron chi connectivity index (χ1n) is 10.8. The first-order chi connectivity index (χ1) is 13.8. The van der Waals surface area contributed by atoms with Crippen molar-refractivity contribution in [3.63, 3.8) is 0 Å². The highest BCUT2D eigenvalue weighted by Crippen LogP contribution is 2.25. The summed E-state index contributed by atoms with van der Waals surface area (Å²) in [7, 11) is 0. The van der Waals surface area contributed by atoms with Crippen LogP contribution in [0.2, 0.25) is 0 Å². The first kappa shape index (κ1) is 23.3. The Bertz CT molecular complexity index is 643.